The van der Waals surface area contributed by atoms with Crippen LogP contribution in [0, 0.1) is 19.8 Å². The Balaban J connectivity index is 2.74. The number of thiocarbonyl (C=S) groups is 1. The molecule has 4 heteroatoms. The molecule has 0 saturated carbocycles. The Morgan fingerprint density at radius 2 is 2.31 bits per heavy atom. The Labute approximate surface area is 84.0 Å². The van der Waals surface area contributed by atoms with Crippen molar-refractivity contribution >= 4 is 17.2 Å². The van der Waals surface area contributed by atoms with Crippen molar-refractivity contribution in [1.82, 2.24) is 9.55 Å². The van der Waals surface area contributed by atoms with Gasteiger partial charge in [-0.25, -0.2) is 4.98 Å². The van der Waals surface area contributed by atoms with Gasteiger partial charge in [0.1, 0.15) is 0 Å². The summed E-state index contributed by atoms with van der Waals surface area (Å²) in [7, 11) is 0. The molecule has 0 aromatic carbocycles. The second kappa shape index (κ2) is 3.87. The largest absolute Gasteiger partial charge is 0.393 e. The van der Waals surface area contributed by atoms with Crippen LogP contribution in [-0.2, 0) is 6.54 Å². The molecule has 1 aromatic rings. The Morgan fingerprint density at radius 3 is 2.69 bits per heavy atom. The number of aryl methyl sites for hydroxylation is 1. The average Bonchev–Trinajstić information content (AvgIpc) is 2.36. The molecule has 3 nitrogen and oxygen atoms in total. The predicted molar refractivity (Wildman–Crippen MR) is 57.7 cm³/mol. The maximum atomic E-state index is 5.54. The molecule has 0 fully saturated rings. The van der Waals surface area contributed by atoms with Gasteiger partial charge in [0, 0.05) is 18.2 Å². The summed E-state index contributed by atoms with van der Waals surface area (Å²) in [6.07, 6.45) is 1.83. The second-order valence-electron chi connectivity index (χ2n) is 3.37. The fourth-order valence-corrected chi connectivity index (χ4v) is 1.19. The second-order valence-corrected chi connectivity index (χ2v) is 3.84. The molecule has 1 aromatic heterocycles. The number of aromatic nitrogens is 2. The number of nitrogens with zero attached hydrogens (tertiary/aromatic N) is 2. The van der Waals surface area contributed by atoms with E-state index in [0.717, 1.165) is 12.2 Å². The molecule has 13 heavy (non-hydrogen) atoms. The summed E-state index contributed by atoms with van der Waals surface area (Å²) < 4.78 is 2.08. The van der Waals surface area contributed by atoms with E-state index in [1.54, 1.807) is 0 Å². The fraction of sp³-hybridized carbons (Fsp3) is 0.556. The Hall–Kier alpha value is -0.900. The van der Waals surface area contributed by atoms with Gasteiger partial charge in [0.25, 0.3) is 0 Å². The first-order chi connectivity index (χ1) is 6.02. The predicted octanol–water partition coefficient (Wildman–Crippen LogP) is 1.42. The van der Waals surface area contributed by atoms with Crippen molar-refractivity contribution in [3.63, 3.8) is 0 Å². The number of nitrogens with two attached hydrogens (primary N) is 1. The van der Waals surface area contributed by atoms with E-state index in [4.69, 9.17) is 18.0 Å². The maximum absolute atomic E-state index is 5.54. The minimum Gasteiger partial charge on any atom is -0.393 e. The monoisotopic (exact) mass is 197 g/mol. The zero-order valence-corrected chi connectivity index (χ0v) is 9.06. The molecule has 72 valence electrons. The van der Waals surface area contributed by atoms with Gasteiger partial charge < -0.3 is 10.3 Å². The first kappa shape index (κ1) is 10.2. The van der Waals surface area contributed by atoms with Crippen LogP contribution in [0.25, 0.3) is 0 Å². The molecule has 0 aliphatic heterocycles. The normalized spacial score (nSPS) is 12.8. The smallest absolute Gasteiger partial charge is 0.0951 e. The molecule has 0 amide bonds. The number of rotatable bonds is 3. The summed E-state index contributed by atoms with van der Waals surface area (Å²) in [6.45, 7) is 6.89. The van der Waals surface area contributed by atoms with E-state index in [-0.39, 0.29) is 5.92 Å². The highest BCUT2D eigenvalue weighted by Crippen LogP contribution is 2.08. The third-order valence-corrected chi connectivity index (χ3v) is 2.70. The van der Waals surface area contributed by atoms with E-state index in [2.05, 4.69) is 16.5 Å². The zero-order valence-electron chi connectivity index (χ0n) is 8.24. The summed E-state index contributed by atoms with van der Waals surface area (Å²) in [5.41, 5.74) is 7.79. The number of hydrogen-bond acceptors (Lipinski definition) is 2. The molecule has 1 atom stereocenters. The van der Waals surface area contributed by atoms with Crippen LogP contribution in [0.2, 0.25) is 0 Å². The van der Waals surface area contributed by atoms with Crippen LogP contribution in [0.3, 0.4) is 0 Å². The van der Waals surface area contributed by atoms with Gasteiger partial charge in [0.15, 0.2) is 0 Å². The van der Waals surface area contributed by atoms with E-state index in [1.807, 2.05) is 20.2 Å². The first-order valence-electron chi connectivity index (χ1n) is 4.30. The first-order valence-corrected chi connectivity index (χ1v) is 4.71. The summed E-state index contributed by atoms with van der Waals surface area (Å²) in [5.74, 6) is 0.224. The van der Waals surface area contributed by atoms with Crippen LogP contribution in [0.5, 0.6) is 0 Å². The Bertz CT molecular complexity index is 317. The lowest BCUT2D eigenvalue weighted by Gasteiger charge is -2.11. The topological polar surface area (TPSA) is 43.8 Å². The van der Waals surface area contributed by atoms with Crippen LogP contribution in [0.4, 0.5) is 0 Å². The molecule has 0 aliphatic rings. The summed E-state index contributed by atoms with van der Waals surface area (Å²) in [4.78, 5) is 4.77. The highest BCUT2D eigenvalue weighted by molar-refractivity contribution is 7.80. The molecule has 0 aliphatic carbocycles. The third-order valence-electron chi connectivity index (χ3n) is 2.30. The highest BCUT2D eigenvalue weighted by atomic mass is 32.1. The minimum atomic E-state index is 0.224. The van der Waals surface area contributed by atoms with Crippen molar-refractivity contribution in [2.24, 2.45) is 11.7 Å². The number of imidazole rings is 1. The summed E-state index contributed by atoms with van der Waals surface area (Å²) in [5, 5.41) is 0. The molecule has 1 rings (SSSR count). The van der Waals surface area contributed by atoms with Gasteiger partial charge in [-0.05, 0) is 13.8 Å². The minimum absolute atomic E-state index is 0.224. The summed E-state index contributed by atoms with van der Waals surface area (Å²) in [6, 6.07) is 0. The van der Waals surface area contributed by atoms with Crippen molar-refractivity contribution in [3.8, 4) is 0 Å². The van der Waals surface area contributed by atoms with Crippen molar-refractivity contribution in [1.29, 1.82) is 0 Å². The van der Waals surface area contributed by atoms with Gasteiger partial charge >= 0.3 is 0 Å². The molecule has 2 N–H and O–H groups in total. The molecule has 0 saturated heterocycles. The third kappa shape index (κ3) is 2.28. The molecular weight excluding hydrogens is 182 g/mol. The standard InChI is InChI=1S/C9H15N3S/c1-6(9(10)13)4-12-5-11-7(2)8(12)3/h5-6H,4H2,1-3H3,(H2,10,13). The lowest BCUT2D eigenvalue weighted by atomic mass is 10.2. The maximum Gasteiger partial charge on any atom is 0.0951 e. The van der Waals surface area contributed by atoms with Gasteiger partial charge in [0.05, 0.1) is 17.0 Å². The van der Waals surface area contributed by atoms with Gasteiger partial charge in [-0.1, -0.05) is 19.1 Å². The van der Waals surface area contributed by atoms with E-state index in [1.165, 1.54) is 5.69 Å². The van der Waals surface area contributed by atoms with Crippen LogP contribution >= 0.6 is 12.2 Å². The average molecular weight is 197 g/mol. The van der Waals surface area contributed by atoms with E-state index in [0.29, 0.717) is 4.99 Å². The molecule has 1 unspecified atom stereocenters. The molecule has 0 bridgehead atoms. The van der Waals surface area contributed by atoms with Crippen LogP contribution < -0.4 is 5.73 Å². The van der Waals surface area contributed by atoms with Crippen LogP contribution in [-0.4, -0.2) is 14.5 Å². The van der Waals surface area contributed by atoms with Crippen LogP contribution in [0.1, 0.15) is 18.3 Å². The number of hydrogen-bond donors (Lipinski definition) is 1. The van der Waals surface area contributed by atoms with Crippen LogP contribution in [0.15, 0.2) is 6.33 Å². The van der Waals surface area contributed by atoms with Crippen molar-refractivity contribution in [2.75, 3.05) is 0 Å². The zero-order chi connectivity index (χ0) is 10.0. The molecule has 1 heterocycles. The quantitative estimate of drug-likeness (QED) is 0.745. The van der Waals surface area contributed by atoms with Crippen molar-refractivity contribution in [2.45, 2.75) is 27.3 Å². The SMILES string of the molecule is Cc1ncn(CC(C)C(N)=S)c1C. The van der Waals surface area contributed by atoms with E-state index >= 15 is 0 Å². The van der Waals surface area contributed by atoms with Crippen molar-refractivity contribution in [3.05, 3.63) is 17.7 Å². The van der Waals surface area contributed by atoms with Gasteiger partial charge in [-0.2, -0.15) is 0 Å². The van der Waals surface area contributed by atoms with Crippen molar-refractivity contribution < 1.29 is 0 Å². The van der Waals surface area contributed by atoms with E-state index in [9.17, 15) is 0 Å². The lowest BCUT2D eigenvalue weighted by Crippen LogP contribution is -2.23. The Morgan fingerprint density at radius 1 is 1.69 bits per heavy atom. The van der Waals surface area contributed by atoms with Gasteiger partial charge in [-0.15, -0.1) is 0 Å². The Kier molecular flexibility index (Phi) is 3.03. The molecule has 0 radical (unpaired) electrons. The fourth-order valence-electron chi connectivity index (χ4n) is 1.11. The van der Waals surface area contributed by atoms with Gasteiger partial charge in [0.2, 0.25) is 0 Å². The van der Waals surface area contributed by atoms with Gasteiger partial charge in [-0.3, -0.25) is 0 Å². The van der Waals surface area contributed by atoms with E-state index < -0.39 is 0 Å². The highest BCUT2D eigenvalue weighted by Gasteiger charge is 2.08. The molecule has 0 spiro atoms. The lowest BCUT2D eigenvalue weighted by molar-refractivity contribution is 0.586. The summed E-state index contributed by atoms with van der Waals surface area (Å²) >= 11 is 4.91. The molecular formula is C9H15N3S.